The third-order valence-electron chi connectivity index (χ3n) is 3.13. The first-order valence-corrected chi connectivity index (χ1v) is 6.77. The maximum absolute atomic E-state index is 12.5. The number of hydrogen-bond donors (Lipinski definition) is 1. The van der Waals surface area contributed by atoms with E-state index in [1.807, 2.05) is 23.1 Å². The van der Waals surface area contributed by atoms with Gasteiger partial charge in [-0.1, -0.05) is 24.8 Å². The van der Waals surface area contributed by atoms with E-state index >= 15 is 0 Å². The number of amides is 1. The molecule has 1 aromatic rings. The monoisotopic (exact) mass is 257 g/mol. The molecule has 3 heteroatoms. The fraction of sp³-hybridized carbons (Fsp3) is 0.438. The molecule has 0 saturated heterocycles. The van der Waals surface area contributed by atoms with Crippen LogP contribution in [0.15, 0.2) is 24.3 Å². The van der Waals surface area contributed by atoms with E-state index in [-0.39, 0.29) is 12.5 Å². The maximum atomic E-state index is 12.5. The summed E-state index contributed by atoms with van der Waals surface area (Å²) in [7, 11) is 0. The van der Waals surface area contributed by atoms with Gasteiger partial charge in [0.05, 0.1) is 0 Å². The lowest BCUT2D eigenvalue weighted by Crippen LogP contribution is -2.33. The van der Waals surface area contributed by atoms with Gasteiger partial charge < -0.3 is 10.0 Å². The molecule has 0 aliphatic heterocycles. The smallest absolute Gasteiger partial charge is 0.254 e. The average Bonchev–Trinajstić information content (AvgIpc) is 3.26. The Balaban J connectivity index is 2.17. The van der Waals surface area contributed by atoms with Crippen molar-refractivity contribution in [2.75, 3.05) is 13.2 Å². The van der Waals surface area contributed by atoms with E-state index in [2.05, 4.69) is 18.8 Å². The maximum Gasteiger partial charge on any atom is 0.254 e. The van der Waals surface area contributed by atoms with E-state index in [0.29, 0.717) is 11.6 Å². The van der Waals surface area contributed by atoms with Gasteiger partial charge in [0.15, 0.2) is 0 Å². The standard InChI is InChI=1S/C16H19NO2/c1-2-10-17(15-8-9-15)16(19)14-7-3-5-13(12-14)6-4-11-18/h3,5,7,12,15,18H,2,8-11H2,1H3. The second kappa shape index (κ2) is 6.40. The first kappa shape index (κ1) is 13.6. The Morgan fingerprint density at radius 1 is 1.47 bits per heavy atom. The summed E-state index contributed by atoms with van der Waals surface area (Å²) >= 11 is 0. The summed E-state index contributed by atoms with van der Waals surface area (Å²) in [5.74, 6) is 5.53. The highest BCUT2D eigenvalue weighted by Crippen LogP contribution is 2.28. The van der Waals surface area contributed by atoms with Crippen LogP contribution in [0.5, 0.6) is 0 Å². The zero-order valence-corrected chi connectivity index (χ0v) is 11.2. The molecule has 1 fully saturated rings. The Morgan fingerprint density at radius 2 is 2.26 bits per heavy atom. The Bertz CT molecular complexity index is 509. The van der Waals surface area contributed by atoms with Gasteiger partial charge in [0.25, 0.3) is 5.91 Å². The Hall–Kier alpha value is -1.79. The summed E-state index contributed by atoms with van der Waals surface area (Å²) < 4.78 is 0. The molecule has 19 heavy (non-hydrogen) atoms. The highest BCUT2D eigenvalue weighted by atomic mass is 16.2. The predicted molar refractivity (Wildman–Crippen MR) is 74.8 cm³/mol. The predicted octanol–water partition coefficient (Wildman–Crippen LogP) is 2.04. The van der Waals surface area contributed by atoms with Crippen molar-refractivity contribution in [3.05, 3.63) is 35.4 Å². The molecule has 0 radical (unpaired) electrons. The lowest BCUT2D eigenvalue weighted by Gasteiger charge is -2.21. The van der Waals surface area contributed by atoms with E-state index in [0.717, 1.165) is 31.4 Å². The van der Waals surface area contributed by atoms with E-state index in [9.17, 15) is 4.79 Å². The summed E-state index contributed by atoms with van der Waals surface area (Å²) in [6.07, 6.45) is 3.22. The quantitative estimate of drug-likeness (QED) is 0.839. The van der Waals surface area contributed by atoms with Crippen LogP contribution in [0.3, 0.4) is 0 Å². The molecule has 0 atom stereocenters. The molecule has 0 aromatic heterocycles. The van der Waals surface area contributed by atoms with Crippen molar-refractivity contribution < 1.29 is 9.90 Å². The number of carbonyl (C=O) groups excluding carboxylic acids is 1. The van der Waals surface area contributed by atoms with Gasteiger partial charge in [-0.15, -0.1) is 0 Å². The number of aliphatic hydroxyl groups excluding tert-OH is 1. The van der Waals surface area contributed by atoms with Crippen LogP contribution in [0.2, 0.25) is 0 Å². The van der Waals surface area contributed by atoms with Crippen molar-refractivity contribution in [3.63, 3.8) is 0 Å². The molecule has 0 heterocycles. The summed E-state index contributed by atoms with van der Waals surface area (Å²) in [6.45, 7) is 2.74. The number of rotatable bonds is 4. The topological polar surface area (TPSA) is 40.5 Å². The van der Waals surface area contributed by atoms with Gasteiger partial charge in [-0.05, 0) is 37.5 Å². The van der Waals surface area contributed by atoms with Crippen molar-refractivity contribution in [2.24, 2.45) is 0 Å². The Morgan fingerprint density at radius 3 is 2.89 bits per heavy atom. The highest BCUT2D eigenvalue weighted by molar-refractivity contribution is 5.95. The number of hydrogen-bond acceptors (Lipinski definition) is 2. The molecule has 2 rings (SSSR count). The number of benzene rings is 1. The van der Waals surface area contributed by atoms with Gasteiger partial charge in [-0.2, -0.15) is 0 Å². The van der Waals surface area contributed by atoms with Gasteiger partial charge in [0.1, 0.15) is 6.61 Å². The molecule has 0 bridgehead atoms. The lowest BCUT2D eigenvalue weighted by molar-refractivity contribution is 0.0743. The molecular weight excluding hydrogens is 238 g/mol. The molecule has 100 valence electrons. The van der Waals surface area contributed by atoms with Gasteiger partial charge in [0.2, 0.25) is 0 Å². The van der Waals surface area contributed by atoms with Crippen molar-refractivity contribution in [2.45, 2.75) is 32.2 Å². The van der Waals surface area contributed by atoms with Crippen LogP contribution in [-0.2, 0) is 0 Å². The SMILES string of the molecule is CCCN(C(=O)c1cccc(C#CCO)c1)C1CC1. The van der Waals surface area contributed by atoms with E-state index in [1.54, 1.807) is 6.07 Å². The van der Waals surface area contributed by atoms with Gasteiger partial charge in [-0.3, -0.25) is 4.79 Å². The van der Waals surface area contributed by atoms with Crippen LogP contribution in [0.25, 0.3) is 0 Å². The average molecular weight is 257 g/mol. The normalized spacial score (nSPS) is 13.6. The molecule has 3 nitrogen and oxygen atoms in total. The zero-order chi connectivity index (χ0) is 13.7. The van der Waals surface area contributed by atoms with Crippen molar-refractivity contribution in [1.82, 2.24) is 4.90 Å². The van der Waals surface area contributed by atoms with Crippen LogP contribution < -0.4 is 0 Å². The minimum atomic E-state index is -0.164. The fourth-order valence-electron chi connectivity index (χ4n) is 2.11. The fourth-order valence-corrected chi connectivity index (χ4v) is 2.11. The molecule has 0 spiro atoms. The van der Waals surface area contributed by atoms with E-state index in [4.69, 9.17) is 5.11 Å². The number of nitrogens with zero attached hydrogens (tertiary/aromatic N) is 1. The van der Waals surface area contributed by atoms with Crippen LogP contribution >= 0.6 is 0 Å². The van der Waals surface area contributed by atoms with Gasteiger partial charge in [-0.25, -0.2) is 0 Å². The van der Waals surface area contributed by atoms with E-state index < -0.39 is 0 Å². The van der Waals surface area contributed by atoms with Crippen molar-refractivity contribution >= 4 is 5.91 Å². The molecular formula is C16H19NO2. The summed E-state index contributed by atoms with van der Waals surface area (Å²) in [5, 5.41) is 8.70. The number of aliphatic hydroxyl groups is 1. The largest absolute Gasteiger partial charge is 0.384 e. The lowest BCUT2D eigenvalue weighted by atomic mass is 10.1. The molecule has 1 aliphatic carbocycles. The second-order valence-corrected chi connectivity index (χ2v) is 4.77. The molecule has 1 aromatic carbocycles. The van der Waals surface area contributed by atoms with E-state index in [1.165, 1.54) is 0 Å². The minimum Gasteiger partial charge on any atom is -0.384 e. The van der Waals surface area contributed by atoms with Crippen molar-refractivity contribution in [1.29, 1.82) is 0 Å². The molecule has 1 aliphatic rings. The van der Waals surface area contributed by atoms with Crippen molar-refractivity contribution in [3.8, 4) is 11.8 Å². The molecule has 1 N–H and O–H groups in total. The molecule has 0 unspecified atom stereocenters. The Labute approximate surface area is 114 Å². The molecule has 1 amide bonds. The van der Waals surface area contributed by atoms with Gasteiger partial charge >= 0.3 is 0 Å². The first-order chi connectivity index (χ1) is 9.26. The van der Waals surface area contributed by atoms with Gasteiger partial charge in [0, 0.05) is 23.7 Å². The van der Waals surface area contributed by atoms with Crippen LogP contribution in [0, 0.1) is 11.8 Å². The Kier molecular flexibility index (Phi) is 4.59. The van der Waals surface area contributed by atoms with Crippen LogP contribution in [0.4, 0.5) is 0 Å². The minimum absolute atomic E-state index is 0.0944. The zero-order valence-electron chi connectivity index (χ0n) is 11.2. The second-order valence-electron chi connectivity index (χ2n) is 4.77. The first-order valence-electron chi connectivity index (χ1n) is 6.77. The molecule has 1 saturated carbocycles. The third-order valence-corrected chi connectivity index (χ3v) is 3.13. The number of carbonyl (C=O) groups is 1. The van der Waals surface area contributed by atoms with Crippen LogP contribution in [-0.4, -0.2) is 35.1 Å². The summed E-state index contributed by atoms with van der Waals surface area (Å²) in [6, 6.07) is 7.75. The summed E-state index contributed by atoms with van der Waals surface area (Å²) in [5.41, 5.74) is 1.46. The highest BCUT2D eigenvalue weighted by Gasteiger charge is 2.32. The summed E-state index contributed by atoms with van der Waals surface area (Å²) in [4.78, 5) is 14.4. The third kappa shape index (κ3) is 3.59. The van der Waals surface area contributed by atoms with Crippen LogP contribution in [0.1, 0.15) is 42.1 Å².